The molecule has 2 atom stereocenters. The van der Waals surface area contributed by atoms with Crippen molar-refractivity contribution in [3.05, 3.63) is 171 Å². The zero-order valence-corrected chi connectivity index (χ0v) is 37.1. The Morgan fingerprint density at radius 1 is 0.510 bits per heavy atom. The molecular weight excluding hydrogens is 859 g/mol. The van der Waals surface area contributed by atoms with Crippen molar-refractivity contribution in [3.63, 3.8) is 0 Å². The van der Waals surface area contributed by atoms with Crippen LogP contribution in [0.1, 0.15) is 120 Å². The van der Waals surface area contributed by atoms with Gasteiger partial charge in [0.25, 0.3) is 0 Å². The predicted octanol–water partition coefficient (Wildman–Crippen LogP) is 10.1. The normalized spacial score (nSPS) is 11.9. The number of rotatable bonds is 8. The quantitative estimate of drug-likeness (QED) is 0.0904. The van der Waals surface area contributed by atoms with Gasteiger partial charge >= 0.3 is 0 Å². The van der Waals surface area contributed by atoms with Crippen LogP contribution in [0.15, 0.2) is 78.9 Å². The van der Waals surface area contributed by atoms with Gasteiger partial charge < -0.3 is 27.4 Å². The summed E-state index contributed by atoms with van der Waals surface area (Å²) in [6.45, 7) is 17.5. The monoisotopic (exact) mass is 909 g/mol. The van der Waals surface area contributed by atoms with Crippen molar-refractivity contribution in [3.8, 4) is 0 Å². The number of carbonyl (C=O) groups excluding carboxylic acids is 2. The van der Waals surface area contributed by atoms with Crippen molar-refractivity contribution in [1.82, 2.24) is 19.9 Å². The predicted molar refractivity (Wildman–Crippen MR) is 198 cm³/mol. The topological polar surface area (TPSA) is 97.3 Å². The number of Topliss-reactive ketones (excluding diaryl/α,β-unsaturated/α-hetero) is 2. The SMILES string of the molecule is CC(=O)c1c(C)[nH]c(C(c2ccc(C)cc2)c2ccc(C)[nH]2)c1C.CC(=O)c1c(C)[nH]c(C(c2ccccc2)c2ccc(C)[nH]2)c1C.[CH3-].[Rf]. The molecule has 0 saturated carbocycles. The minimum absolute atomic E-state index is 0. The van der Waals surface area contributed by atoms with Gasteiger partial charge in [0, 0.05) is 56.7 Å². The van der Waals surface area contributed by atoms with Gasteiger partial charge in [0.2, 0.25) is 0 Å². The molecule has 7 heteroatoms. The molecule has 6 aromatic rings. The van der Waals surface area contributed by atoms with Gasteiger partial charge in [0.15, 0.2) is 11.6 Å². The zero-order chi connectivity index (χ0) is 34.0. The van der Waals surface area contributed by atoms with Crippen LogP contribution in [0.25, 0.3) is 0 Å². The number of aromatic amines is 4. The minimum atomic E-state index is 0. The van der Waals surface area contributed by atoms with Gasteiger partial charge in [-0.05, 0) is 109 Å². The second kappa shape index (κ2) is 15.2. The summed E-state index contributed by atoms with van der Waals surface area (Å²) < 4.78 is 0. The fraction of sp³-hybridized carbons (Fsp3) is 0.262. The number of H-pyrrole nitrogens is 4. The largest absolute Gasteiger partial charge is 0.362 e. The van der Waals surface area contributed by atoms with Crippen LogP contribution in [0.4, 0.5) is 0 Å². The van der Waals surface area contributed by atoms with Crippen molar-refractivity contribution in [2.45, 2.75) is 74.1 Å². The Morgan fingerprint density at radius 2 is 0.898 bits per heavy atom. The van der Waals surface area contributed by atoms with Crippen LogP contribution < -0.4 is 0 Å². The Kier molecular flexibility index (Phi) is 11.6. The molecule has 0 spiro atoms. The van der Waals surface area contributed by atoms with E-state index in [2.05, 4.69) is 114 Å². The molecule has 0 aliphatic rings. The smallest absolute Gasteiger partial charge is 0.161 e. The van der Waals surface area contributed by atoms with E-state index in [-0.39, 0.29) is 30.8 Å². The summed E-state index contributed by atoms with van der Waals surface area (Å²) in [5.74, 6) is 0.345. The molecule has 6 rings (SSSR count). The van der Waals surface area contributed by atoms with E-state index in [0.29, 0.717) is 0 Å². The number of nitrogens with one attached hydrogen (secondary N) is 4. The number of benzene rings is 2. The van der Waals surface area contributed by atoms with Crippen molar-refractivity contribution >= 4 is 11.6 Å². The van der Waals surface area contributed by atoms with Crippen LogP contribution in [0.2, 0.25) is 0 Å². The van der Waals surface area contributed by atoms with Crippen LogP contribution in [-0.2, 0) is 0 Å². The van der Waals surface area contributed by atoms with Gasteiger partial charge in [0.05, 0.1) is 11.8 Å². The zero-order valence-electron chi connectivity index (χ0n) is 30.7. The molecule has 0 amide bonds. The summed E-state index contributed by atoms with van der Waals surface area (Å²) >= 11 is 0. The molecule has 2 aromatic carbocycles. The third-order valence-electron chi connectivity index (χ3n) is 9.11. The first kappa shape index (κ1) is 37.4. The number of aryl methyl sites for hydroxylation is 5. The van der Waals surface area contributed by atoms with Gasteiger partial charge in [-0.3, -0.25) is 9.59 Å². The summed E-state index contributed by atoms with van der Waals surface area (Å²) in [6.07, 6.45) is 0. The molecule has 4 aromatic heterocycles. The van der Waals surface area contributed by atoms with E-state index < -0.39 is 0 Å². The minimum Gasteiger partial charge on any atom is -0.362 e. The van der Waals surface area contributed by atoms with Gasteiger partial charge in [-0.15, -0.1) is 0 Å². The van der Waals surface area contributed by atoms with Crippen LogP contribution in [0, 0.1) is 55.9 Å². The van der Waals surface area contributed by atoms with Crippen molar-refractivity contribution in [2.24, 2.45) is 0 Å². The molecule has 4 heterocycles. The number of aromatic nitrogens is 4. The summed E-state index contributed by atoms with van der Waals surface area (Å²) in [7, 11) is 0. The standard InChI is InChI=1S/C21H24N2O.C20H22N2O.CH3.Rf/c1-12-6-9-17(10-7-12)20(18-11-8-13(2)22-18)21-14(3)19(16(5)24)15(4)23-21;1-12-10-11-17(21-12)19(16-8-6-5-7-9-16)20-13(2)18(15(4)23)14(3)22-20;;/h6-11,20,22-23H,1-5H3;5-11,19,21-22H,1-4H3;1H3;/q;;-1;. The molecule has 0 saturated heterocycles. The Balaban J connectivity index is 0.000000255. The maximum absolute atomic E-state index is 12.0. The summed E-state index contributed by atoms with van der Waals surface area (Å²) in [6, 6.07) is 27.4. The van der Waals surface area contributed by atoms with E-state index in [4.69, 9.17) is 0 Å². The summed E-state index contributed by atoms with van der Waals surface area (Å²) in [5, 5.41) is 0. The average molecular weight is 909 g/mol. The molecular formula is C42H49N4O2Rf-. The molecule has 2 unspecified atom stereocenters. The average Bonchev–Trinajstić information content (AvgIpc) is 3.78. The van der Waals surface area contributed by atoms with Crippen molar-refractivity contribution < 1.29 is 9.59 Å². The molecule has 0 fully saturated rings. The van der Waals surface area contributed by atoms with E-state index in [1.54, 1.807) is 13.8 Å². The fourth-order valence-corrected chi connectivity index (χ4v) is 6.98. The Labute approximate surface area is 285 Å². The molecule has 252 valence electrons. The van der Waals surface area contributed by atoms with Gasteiger partial charge in [-0.25, -0.2) is 0 Å². The molecule has 0 aliphatic carbocycles. The first-order valence-corrected chi connectivity index (χ1v) is 16.2. The number of carbonyl (C=O) groups is 2. The van der Waals surface area contributed by atoms with Crippen LogP contribution in [0.3, 0.4) is 0 Å². The molecule has 0 radical (unpaired) electrons. The van der Waals surface area contributed by atoms with Gasteiger partial charge in [-0.1, -0.05) is 60.2 Å². The van der Waals surface area contributed by atoms with Gasteiger partial charge in [-0.2, -0.15) is 0 Å². The maximum atomic E-state index is 12.0. The molecule has 0 aliphatic heterocycles. The molecule has 6 nitrogen and oxygen atoms in total. The Bertz CT molecular complexity index is 2020. The first-order valence-electron chi connectivity index (χ1n) is 16.2. The van der Waals surface area contributed by atoms with Crippen LogP contribution >= 0.6 is 0 Å². The van der Waals surface area contributed by atoms with E-state index >= 15 is 0 Å². The first-order chi connectivity index (χ1) is 22.4. The number of hydrogen-bond donors (Lipinski definition) is 4. The second-order valence-corrected chi connectivity index (χ2v) is 12.8. The van der Waals surface area contributed by atoms with E-state index in [9.17, 15) is 9.59 Å². The maximum Gasteiger partial charge on any atom is 0.161 e. The molecule has 0 bridgehead atoms. The van der Waals surface area contributed by atoms with Crippen molar-refractivity contribution in [1.29, 1.82) is 0 Å². The third kappa shape index (κ3) is 7.57. The molecule has 4 N–H and O–H groups in total. The fourth-order valence-electron chi connectivity index (χ4n) is 6.98. The van der Waals surface area contributed by atoms with Crippen molar-refractivity contribution in [2.75, 3.05) is 0 Å². The molecule has 49 heavy (non-hydrogen) atoms. The van der Waals surface area contributed by atoms with Crippen LogP contribution in [0.5, 0.6) is 0 Å². The van der Waals surface area contributed by atoms with Gasteiger partial charge in [0.1, 0.15) is 0 Å². The summed E-state index contributed by atoms with van der Waals surface area (Å²) in [5.41, 5.74) is 15.9. The number of hydrogen-bond acceptors (Lipinski definition) is 2. The van der Waals surface area contributed by atoms with E-state index in [1.165, 1.54) is 16.7 Å². The third-order valence-corrected chi connectivity index (χ3v) is 9.11. The summed E-state index contributed by atoms with van der Waals surface area (Å²) in [4.78, 5) is 37.8. The Morgan fingerprint density at radius 3 is 1.22 bits per heavy atom. The second-order valence-electron chi connectivity index (χ2n) is 12.8. The van der Waals surface area contributed by atoms with E-state index in [0.717, 1.165) is 67.8 Å². The Hall–Kier alpha value is -6.10. The number of ketones is 2. The van der Waals surface area contributed by atoms with Crippen LogP contribution in [-0.4, -0.2) is 31.5 Å². The van der Waals surface area contributed by atoms with E-state index in [1.807, 2.05) is 33.8 Å².